The van der Waals surface area contributed by atoms with Crippen molar-refractivity contribution in [3.63, 3.8) is 0 Å². The molecule has 98 valence electrons. The molecule has 2 nitrogen and oxygen atoms in total. The Hall–Kier alpha value is -1.26. The molecule has 0 radical (unpaired) electrons. The molecule has 0 aliphatic rings. The number of rotatable bonds is 5. The zero-order valence-electron chi connectivity index (χ0n) is 10.2. The summed E-state index contributed by atoms with van der Waals surface area (Å²) in [5, 5.41) is 0. The molecule has 0 N–H and O–H groups in total. The highest BCUT2D eigenvalue weighted by atomic mass is 79.9. The fourth-order valence-electron chi connectivity index (χ4n) is 1.69. The molecule has 0 bridgehead atoms. The third-order valence-electron chi connectivity index (χ3n) is 2.61. The maximum atomic E-state index is 12.0. The fraction of sp³-hybridized carbons (Fsp3) is 0.133. The minimum atomic E-state index is -1.27. The molecular formula is C15H13BrO2S. The number of hydrogen-bond acceptors (Lipinski definition) is 2. The third kappa shape index (κ3) is 4.40. The summed E-state index contributed by atoms with van der Waals surface area (Å²) in [6.45, 7) is 0. The zero-order valence-corrected chi connectivity index (χ0v) is 12.6. The van der Waals surface area contributed by atoms with Crippen LogP contribution in [0.25, 0.3) is 0 Å². The highest BCUT2D eigenvalue weighted by Crippen LogP contribution is 2.14. The molecule has 0 saturated carbocycles. The highest BCUT2D eigenvalue weighted by molar-refractivity contribution is 9.10. The van der Waals surface area contributed by atoms with Gasteiger partial charge in [-0.15, -0.1) is 0 Å². The minimum Gasteiger partial charge on any atom is -0.298 e. The molecule has 0 aliphatic carbocycles. The van der Waals surface area contributed by atoms with E-state index >= 15 is 0 Å². The molecule has 4 heteroatoms. The molecule has 0 heterocycles. The molecule has 0 spiro atoms. The van der Waals surface area contributed by atoms with Gasteiger partial charge < -0.3 is 0 Å². The fourth-order valence-corrected chi connectivity index (χ4v) is 2.96. The van der Waals surface area contributed by atoms with Crippen LogP contribution in [0.4, 0.5) is 0 Å². The number of Topliss-reactive ketones (excluding diaryl/α,β-unsaturated/α-hetero) is 1. The number of hydrogen-bond donors (Lipinski definition) is 0. The average molecular weight is 337 g/mol. The molecule has 2 aromatic carbocycles. The van der Waals surface area contributed by atoms with E-state index in [9.17, 15) is 9.00 Å². The first-order valence-corrected chi connectivity index (χ1v) is 7.96. The van der Waals surface area contributed by atoms with Crippen LogP contribution >= 0.6 is 15.9 Å². The first kappa shape index (κ1) is 14.2. The van der Waals surface area contributed by atoms with E-state index in [1.54, 1.807) is 12.1 Å². The number of ketones is 1. The Morgan fingerprint density at radius 1 is 1.00 bits per heavy atom. The Morgan fingerprint density at radius 3 is 2.26 bits per heavy atom. The molecule has 19 heavy (non-hydrogen) atoms. The maximum Gasteiger partial charge on any atom is 0.150 e. The molecule has 0 fully saturated rings. The molecule has 0 amide bonds. The van der Waals surface area contributed by atoms with E-state index in [2.05, 4.69) is 15.9 Å². The van der Waals surface area contributed by atoms with Gasteiger partial charge in [0.05, 0.1) is 16.6 Å². The maximum absolute atomic E-state index is 12.0. The lowest BCUT2D eigenvalue weighted by molar-refractivity contribution is -0.116. The van der Waals surface area contributed by atoms with Crippen molar-refractivity contribution < 1.29 is 9.00 Å². The molecular weight excluding hydrogens is 324 g/mol. The van der Waals surface area contributed by atoms with Crippen molar-refractivity contribution in [2.45, 2.75) is 11.3 Å². The molecule has 2 rings (SSSR count). The second-order valence-corrected chi connectivity index (χ2v) is 6.51. The quantitative estimate of drug-likeness (QED) is 0.838. The minimum absolute atomic E-state index is 0.00699. The van der Waals surface area contributed by atoms with Gasteiger partial charge in [-0.2, -0.15) is 0 Å². The summed E-state index contributed by atoms with van der Waals surface area (Å²) in [7, 11) is -1.27. The van der Waals surface area contributed by atoms with Crippen molar-refractivity contribution in [1.82, 2.24) is 0 Å². The summed E-state index contributed by atoms with van der Waals surface area (Å²) in [6.07, 6.45) is 0.336. The van der Waals surface area contributed by atoms with Crippen LogP contribution in [0.1, 0.15) is 5.56 Å². The van der Waals surface area contributed by atoms with Crippen LogP contribution in [0.3, 0.4) is 0 Å². The molecule has 1 atom stereocenters. The van der Waals surface area contributed by atoms with E-state index < -0.39 is 10.8 Å². The van der Waals surface area contributed by atoms with Crippen molar-refractivity contribution in [1.29, 1.82) is 0 Å². The molecule has 1 unspecified atom stereocenters. The Labute approximate surface area is 123 Å². The van der Waals surface area contributed by atoms with Crippen LogP contribution in [-0.2, 0) is 22.0 Å². The molecule has 0 aromatic heterocycles. The Morgan fingerprint density at radius 2 is 1.63 bits per heavy atom. The van der Waals surface area contributed by atoms with Gasteiger partial charge in [-0.05, 0) is 29.8 Å². The zero-order chi connectivity index (χ0) is 13.7. The number of carbonyl (C=O) groups is 1. The third-order valence-corrected chi connectivity index (χ3v) is 4.52. The van der Waals surface area contributed by atoms with Gasteiger partial charge in [0.25, 0.3) is 0 Å². The van der Waals surface area contributed by atoms with E-state index in [0.29, 0.717) is 11.3 Å². The second-order valence-electron chi connectivity index (χ2n) is 4.14. The smallest absolute Gasteiger partial charge is 0.150 e. The van der Waals surface area contributed by atoms with E-state index in [-0.39, 0.29) is 11.5 Å². The van der Waals surface area contributed by atoms with E-state index in [0.717, 1.165) is 10.0 Å². The van der Waals surface area contributed by atoms with Crippen LogP contribution in [-0.4, -0.2) is 15.7 Å². The monoisotopic (exact) mass is 336 g/mol. The Bertz CT molecular complexity index is 579. The van der Waals surface area contributed by atoms with Crippen molar-refractivity contribution in [3.05, 3.63) is 64.6 Å². The lowest BCUT2D eigenvalue weighted by Gasteiger charge is -2.03. The molecule has 2 aromatic rings. The van der Waals surface area contributed by atoms with Crippen molar-refractivity contribution in [2.24, 2.45) is 0 Å². The number of benzene rings is 2. The normalized spacial score (nSPS) is 12.1. The van der Waals surface area contributed by atoms with Gasteiger partial charge in [0.2, 0.25) is 0 Å². The standard InChI is InChI=1S/C15H13BrO2S/c16-13-6-8-15(9-7-13)19(18)11-14(17)10-12-4-2-1-3-5-12/h1-9H,10-11H2. The largest absolute Gasteiger partial charge is 0.298 e. The lowest BCUT2D eigenvalue weighted by atomic mass is 10.1. The van der Waals surface area contributed by atoms with Gasteiger partial charge in [-0.1, -0.05) is 46.3 Å². The van der Waals surface area contributed by atoms with Gasteiger partial charge in [-0.25, -0.2) is 0 Å². The second kappa shape index (κ2) is 6.78. The summed E-state index contributed by atoms with van der Waals surface area (Å²) in [5.74, 6) is 0.0590. The van der Waals surface area contributed by atoms with Crippen molar-refractivity contribution >= 4 is 32.5 Å². The summed E-state index contributed by atoms with van der Waals surface area (Å²) >= 11 is 3.32. The summed E-state index contributed by atoms with van der Waals surface area (Å²) in [5.41, 5.74) is 0.959. The Kier molecular flexibility index (Phi) is 5.05. The highest BCUT2D eigenvalue weighted by Gasteiger charge is 2.10. The molecule has 0 aliphatic heterocycles. The van der Waals surface area contributed by atoms with Crippen molar-refractivity contribution in [3.8, 4) is 0 Å². The average Bonchev–Trinajstić information content (AvgIpc) is 2.40. The summed E-state index contributed by atoms with van der Waals surface area (Å²) < 4.78 is 13.0. The SMILES string of the molecule is O=C(Cc1ccccc1)CS(=O)c1ccc(Br)cc1. The number of halogens is 1. The Balaban J connectivity index is 1.95. The van der Waals surface area contributed by atoms with E-state index in [1.165, 1.54) is 0 Å². The summed E-state index contributed by atoms with van der Waals surface area (Å²) in [4.78, 5) is 12.5. The number of carbonyl (C=O) groups excluding carboxylic acids is 1. The van der Waals surface area contributed by atoms with E-state index in [1.807, 2.05) is 42.5 Å². The lowest BCUT2D eigenvalue weighted by Crippen LogP contribution is -2.13. The van der Waals surface area contributed by atoms with Crippen LogP contribution in [0.2, 0.25) is 0 Å². The van der Waals surface area contributed by atoms with Gasteiger partial charge in [0.1, 0.15) is 5.78 Å². The topological polar surface area (TPSA) is 34.1 Å². The van der Waals surface area contributed by atoms with Crippen LogP contribution in [0.5, 0.6) is 0 Å². The van der Waals surface area contributed by atoms with Gasteiger partial charge >= 0.3 is 0 Å². The molecule has 0 saturated heterocycles. The van der Waals surface area contributed by atoms with Gasteiger partial charge in [-0.3, -0.25) is 9.00 Å². The van der Waals surface area contributed by atoms with Crippen LogP contribution in [0, 0.1) is 0 Å². The first-order chi connectivity index (χ1) is 9.15. The van der Waals surface area contributed by atoms with E-state index in [4.69, 9.17) is 0 Å². The summed E-state index contributed by atoms with van der Waals surface area (Å²) in [6, 6.07) is 16.7. The van der Waals surface area contributed by atoms with Crippen LogP contribution in [0.15, 0.2) is 64.0 Å². The van der Waals surface area contributed by atoms with Gasteiger partial charge in [0.15, 0.2) is 0 Å². The van der Waals surface area contributed by atoms with Gasteiger partial charge in [0, 0.05) is 15.8 Å². The predicted octanol–water partition coefficient (Wildman–Crippen LogP) is 3.37. The first-order valence-electron chi connectivity index (χ1n) is 5.85. The van der Waals surface area contributed by atoms with Crippen LogP contribution < -0.4 is 0 Å². The van der Waals surface area contributed by atoms with Crippen molar-refractivity contribution in [2.75, 3.05) is 5.75 Å². The predicted molar refractivity (Wildman–Crippen MR) is 80.6 cm³/mol.